The second-order valence-electron chi connectivity index (χ2n) is 2.87. The van der Waals surface area contributed by atoms with Crippen molar-refractivity contribution in [1.29, 1.82) is 0 Å². The fourth-order valence-electron chi connectivity index (χ4n) is 1.35. The van der Waals surface area contributed by atoms with Crippen molar-refractivity contribution in [3.63, 3.8) is 0 Å². The van der Waals surface area contributed by atoms with E-state index in [4.69, 9.17) is 11.6 Å². The van der Waals surface area contributed by atoms with Gasteiger partial charge in [-0.05, 0) is 24.6 Å². The first-order valence-corrected chi connectivity index (χ1v) is 5.76. The number of halogens is 1. The maximum absolute atomic E-state index is 5.91. The van der Waals surface area contributed by atoms with Gasteiger partial charge in [0.05, 0.1) is 0 Å². The molecule has 3 heteroatoms. The average Bonchev–Trinajstić information content (AvgIpc) is 2.44. The molecule has 13 heavy (non-hydrogen) atoms. The maximum atomic E-state index is 5.91. The Kier molecular flexibility index (Phi) is 2.54. The number of hydrogen-bond acceptors (Lipinski definition) is 2. The van der Waals surface area contributed by atoms with Gasteiger partial charge < -0.3 is 0 Å². The molecule has 0 aliphatic rings. The van der Waals surface area contributed by atoms with Crippen LogP contribution in [0.1, 0.15) is 11.8 Å². The molecular formula is C10H9ClS2. The van der Waals surface area contributed by atoms with Crippen LogP contribution < -0.4 is 0 Å². The SMILES string of the molecule is CCc1sc2ccc(Cl)cc2c1S. The zero-order chi connectivity index (χ0) is 9.42. The highest BCUT2D eigenvalue weighted by molar-refractivity contribution is 7.80. The molecule has 0 radical (unpaired) electrons. The summed E-state index contributed by atoms with van der Waals surface area (Å²) >= 11 is 12.2. The molecule has 0 atom stereocenters. The van der Waals surface area contributed by atoms with Crippen LogP contribution in [0, 0.1) is 0 Å². The van der Waals surface area contributed by atoms with Crippen LogP contribution in [0.4, 0.5) is 0 Å². The summed E-state index contributed by atoms with van der Waals surface area (Å²) in [6.07, 6.45) is 1.04. The first kappa shape index (κ1) is 9.38. The van der Waals surface area contributed by atoms with Crippen LogP contribution in [0.2, 0.25) is 5.02 Å². The van der Waals surface area contributed by atoms with Crippen LogP contribution in [0.25, 0.3) is 10.1 Å². The van der Waals surface area contributed by atoms with Crippen molar-refractivity contribution in [2.24, 2.45) is 0 Å². The molecule has 0 aliphatic heterocycles. The summed E-state index contributed by atoms with van der Waals surface area (Å²) in [6.45, 7) is 2.14. The van der Waals surface area contributed by atoms with E-state index in [0.29, 0.717) is 0 Å². The van der Waals surface area contributed by atoms with Gasteiger partial charge in [-0.15, -0.1) is 24.0 Å². The normalized spacial score (nSPS) is 11.0. The Morgan fingerprint density at radius 3 is 2.92 bits per heavy atom. The third-order valence-electron chi connectivity index (χ3n) is 2.02. The summed E-state index contributed by atoms with van der Waals surface area (Å²) < 4.78 is 1.27. The summed E-state index contributed by atoms with van der Waals surface area (Å²) in [5.74, 6) is 0. The van der Waals surface area contributed by atoms with Gasteiger partial charge >= 0.3 is 0 Å². The lowest BCUT2D eigenvalue weighted by atomic mass is 10.2. The lowest BCUT2D eigenvalue weighted by Gasteiger charge is -1.92. The summed E-state index contributed by atoms with van der Waals surface area (Å²) in [5.41, 5.74) is 0. The second kappa shape index (κ2) is 3.52. The van der Waals surface area contributed by atoms with E-state index in [1.165, 1.54) is 15.0 Å². The van der Waals surface area contributed by atoms with Crippen LogP contribution in [0.5, 0.6) is 0 Å². The lowest BCUT2D eigenvalue weighted by Crippen LogP contribution is -1.71. The van der Waals surface area contributed by atoms with Gasteiger partial charge in [-0.2, -0.15) is 0 Å². The zero-order valence-corrected chi connectivity index (χ0v) is 9.64. The molecule has 0 nitrogen and oxygen atoms in total. The highest BCUT2D eigenvalue weighted by Gasteiger charge is 2.07. The molecule has 0 saturated carbocycles. The number of rotatable bonds is 1. The topological polar surface area (TPSA) is 0 Å². The van der Waals surface area contributed by atoms with Gasteiger partial charge in [0.15, 0.2) is 0 Å². The number of benzene rings is 1. The van der Waals surface area contributed by atoms with Crippen LogP contribution in [0.15, 0.2) is 23.1 Å². The van der Waals surface area contributed by atoms with Crippen molar-refractivity contribution in [2.75, 3.05) is 0 Å². The lowest BCUT2D eigenvalue weighted by molar-refractivity contribution is 1.15. The Morgan fingerprint density at radius 2 is 2.23 bits per heavy atom. The molecule has 1 heterocycles. The molecule has 0 aliphatic carbocycles. The molecule has 0 saturated heterocycles. The summed E-state index contributed by atoms with van der Waals surface area (Å²) in [5, 5.41) is 1.96. The summed E-state index contributed by atoms with van der Waals surface area (Å²) in [4.78, 5) is 2.42. The molecule has 0 bridgehead atoms. The molecule has 68 valence electrons. The predicted octanol–water partition coefficient (Wildman–Crippen LogP) is 4.41. The highest BCUT2D eigenvalue weighted by Crippen LogP contribution is 2.35. The van der Waals surface area contributed by atoms with E-state index in [1.807, 2.05) is 12.1 Å². The molecular weight excluding hydrogens is 220 g/mol. The Labute approximate surface area is 91.9 Å². The predicted molar refractivity (Wildman–Crippen MR) is 63.5 cm³/mol. The molecule has 0 amide bonds. The van der Waals surface area contributed by atoms with Crippen LogP contribution in [0.3, 0.4) is 0 Å². The van der Waals surface area contributed by atoms with E-state index in [1.54, 1.807) is 11.3 Å². The van der Waals surface area contributed by atoms with E-state index in [0.717, 1.165) is 16.3 Å². The monoisotopic (exact) mass is 228 g/mol. The van der Waals surface area contributed by atoms with Crippen molar-refractivity contribution in [1.82, 2.24) is 0 Å². The summed E-state index contributed by atoms with van der Waals surface area (Å²) in [6, 6.07) is 5.96. The van der Waals surface area contributed by atoms with Gasteiger partial charge in [-0.3, -0.25) is 0 Å². The molecule has 1 aromatic heterocycles. The van der Waals surface area contributed by atoms with Crippen LogP contribution in [-0.4, -0.2) is 0 Å². The molecule has 1 aromatic carbocycles. The molecule has 0 N–H and O–H groups in total. The van der Waals surface area contributed by atoms with Gasteiger partial charge in [0.25, 0.3) is 0 Å². The molecule has 0 fully saturated rings. The van der Waals surface area contributed by atoms with Gasteiger partial charge in [-0.1, -0.05) is 18.5 Å². The minimum atomic E-state index is 0.781. The second-order valence-corrected chi connectivity index (χ2v) is 4.89. The number of fused-ring (bicyclic) bond motifs is 1. The number of thiol groups is 1. The van der Waals surface area contributed by atoms with Gasteiger partial charge in [-0.25, -0.2) is 0 Å². The Balaban J connectivity index is 2.77. The molecule has 2 aromatic rings. The van der Waals surface area contributed by atoms with Gasteiger partial charge in [0, 0.05) is 24.9 Å². The first-order valence-electron chi connectivity index (χ1n) is 4.12. The number of hydrogen-bond donors (Lipinski definition) is 1. The van der Waals surface area contributed by atoms with E-state index in [-0.39, 0.29) is 0 Å². The highest BCUT2D eigenvalue weighted by atomic mass is 35.5. The number of aryl methyl sites for hydroxylation is 1. The largest absolute Gasteiger partial charge is 0.142 e. The third kappa shape index (κ3) is 1.58. The molecule has 2 rings (SSSR count). The fourth-order valence-corrected chi connectivity index (χ4v) is 3.10. The summed E-state index contributed by atoms with van der Waals surface area (Å²) in [7, 11) is 0. The Morgan fingerprint density at radius 1 is 1.46 bits per heavy atom. The van der Waals surface area contributed by atoms with Gasteiger partial charge in [0.2, 0.25) is 0 Å². The van der Waals surface area contributed by atoms with Crippen molar-refractivity contribution in [3.05, 3.63) is 28.1 Å². The number of thiophene rings is 1. The van der Waals surface area contributed by atoms with Crippen LogP contribution >= 0.6 is 35.6 Å². The minimum absolute atomic E-state index is 0.781. The standard InChI is InChI=1S/C10H9ClS2/c1-2-8-10(12)7-5-6(11)3-4-9(7)13-8/h3-5,12H,2H2,1H3. The Bertz CT molecular complexity index is 445. The van der Waals surface area contributed by atoms with Crippen LogP contribution in [-0.2, 0) is 6.42 Å². The maximum Gasteiger partial charge on any atom is 0.0413 e. The molecule has 0 unspecified atom stereocenters. The van der Waals surface area contributed by atoms with Crippen molar-refractivity contribution < 1.29 is 0 Å². The zero-order valence-electron chi connectivity index (χ0n) is 7.17. The average molecular weight is 229 g/mol. The minimum Gasteiger partial charge on any atom is -0.142 e. The first-order chi connectivity index (χ1) is 6.22. The molecule has 0 spiro atoms. The van der Waals surface area contributed by atoms with Crippen molar-refractivity contribution >= 4 is 45.7 Å². The van der Waals surface area contributed by atoms with E-state index in [2.05, 4.69) is 25.6 Å². The third-order valence-corrected chi connectivity index (χ3v) is 4.23. The van der Waals surface area contributed by atoms with Crippen molar-refractivity contribution in [2.45, 2.75) is 18.2 Å². The van der Waals surface area contributed by atoms with E-state index in [9.17, 15) is 0 Å². The quantitative estimate of drug-likeness (QED) is 0.687. The van der Waals surface area contributed by atoms with Crippen molar-refractivity contribution in [3.8, 4) is 0 Å². The smallest absolute Gasteiger partial charge is 0.0413 e. The Hall–Kier alpha value is -0.180. The van der Waals surface area contributed by atoms with Gasteiger partial charge in [0.1, 0.15) is 0 Å². The van der Waals surface area contributed by atoms with E-state index < -0.39 is 0 Å². The fraction of sp³-hybridized carbons (Fsp3) is 0.200. The van der Waals surface area contributed by atoms with E-state index >= 15 is 0 Å².